The second-order valence-corrected chi connectivity index (χ2v) is 2.49. The summed E-state index contributed by atoms with van der Waals surface area (Å²) in [6, 6.07) is -1.20. The van der Waals surface area contributed by atoms with E-state index >= 15 is 0 Å². The molecule has 48 valence electrons. The van der Waals surface area contributed by atoms with Crippen LogP contribution in [-0.4, -0.2) is 0 Å². The molecule has 0 saturated heterocycles. The molecule has 0 heterocycles. The molecule has 9 heavy (non-hydrogen) atoms. The minimum Gasteiger partial charge on any atom is -0.204 e. The fourth-order valence-electron chi connectivity index (χ4n) is 0.347. The molecule has 0 spiro atoms. The van der Waals surface area contributed by atoms with Crippen molar-refractivity contribution in [3.8, 4) is 0 Å². The molecule has 1 aromatic carbocycles. The second-order valence-electron chi connectivity index (χ2n) is 1.32. The smallest absolute Gasteiger partial charge is 0.155 e. The summed E-state index contributed by atoms with van der Waals surface area (Å²) in [5, 5.41) is -0.428. The van der Waals surface area contributed by atoms with E-state index < -0.39 is 16.9 Å². The van der Waals surface area contributed by atoms with Crippen molar-refractivity contribution < 1.29 is 8.50 Å². The number of benzene rings is 1. The van der Waals surface area contributed by atoms with Crippen LogP contribution in [0.2, 0.25) is 5.02 Å². The summed E-state index contributed by atoms with van der Waals surface area (Å²) in [4.78, 5) is 0. The van der Waals surface area contributed by atoms with E-state index in [0.29, 0.717) is 0 Å². The molecule has 0 aliphatic rings. The zero-order valence-corrected chi connectivity index (χ0v) is 6.48. The minimum absolute atomic E-state index is 0.173. The van der Waals surface area contributed by atoms with Crippen molar-refractivity contribution in [3.63, 3.8) is 0 Å². The topological polar surface area (TPSA) is 0 Å². The molecule has 0 nitrogen and oxygen atoms in total. The molecule has 0 N–H and O–H groups in total. The Hall–Kier alpha value is -0.0800. The van der Waals surface area contributed by atoms with Crippen LogP contribution in [0.15, 0.2) is 22.6 Å². The van der Waals surface area contributed by atoms with Crippen LogP contribution in [0.3, 0.4) is 0 Å². The summed E-state index contributed by atoms with van der Waals surface area (Å²) in [6.07, 6.45) is 0. The Balaban J connectivity index is 3.60. The van der Waals surface area contributed by atoms with Crippen LogP contribution in [0.4, 0.5) is 4.39 Å². The van der Waals surface area contributed by atoms with Crippen LogP contribution in [0.5, 0.6) is 0 Å². The zero-order valence-electron chi connectivity index (χ0n) is 7.13. The van der Waals surface area contributed by atoms with Gasteiger partial charge in [-0.05, 0) is 28.0 Å². The van der Waals surface area contributed by atoms with Crippen molar-refractivity contribution in [2.45, 2.75) is 0 Å². The maximum absolute atomic E-state index is 12.9. The third kappa shape index (κ3) is 1.43. The molecule has 0 atom stereocenters. The maximum Gasteiger partial charge on any atom is 0.155 e. The van der Waals surface area contributed by atoms with E-state index in [1.54, 1.807) is 0 Å². The number of hydrogen-bond donors (Lipinski definition) is 0. The largest absolute Gasteiger partial charge is 0.204 e. The van der Waals surface area contributed by atoms with E-state index in [4.69, 9.17) is 15.7 Å². The van der Waals surface area contributed by atoms with E-state index in [9.17, 15) is 4.39 Å². The van der Waals surface area contributed by atoms with Crippen LogP contribution < -0.4 is 0 Å². The highest BCUT2D eigenvalue weighted by atomic mass is 79.9. The van der Waals surface area contributed by atoms with E-state index in [2.05, 4.69) is 15.9 Å². The Morgan fingerprint density at radius 3 is 3.00 bits per heavy atom. The highest BCUT2D eigenvalue weighted by Crippen LogP contribution is 2.21. The summed E-state index contributed by atoms with van der Waals surface area (Å²) in [6.45, 7) is 0. The average Bonchev–Trinajstić information content (AvgIpc) is 2.08. The normalized spacial score (nSPS) is 14.3. The van der Waals surface area contributed by atoms with Crippen LogP contribution in [0.1, 0.15) is 4.11 Å². The monoisotopic (exact) mass is 211 g/mol. The molecule has 1 aromatic rings. The predicted octanol–water partition coefficient (Wildman–Crippen LogP) is 3.24. The predicted molar refractivity (Wildman–Crippen MR) is 39.1 cm³/mol. The molecule has 0 aliphatic heterocycles. The Labute approximate surface area is 70.0 Å². The molecule has 3 heteroatoms. The molecular weight excluding hydrogens is 206 g/mol. The van der Waals surface area contributed by atoms with Crippen LogP contribution in [0.25, 0.3) is 0 Å². The summed E-state index contributed by atoms with van der Waals surface area (Å²) in [5.74, 6) is -0.859. The standard InChI is InChI=1S/C6H3BrClF/c7-4-2-1-3-5(8)6(4)9/h1-3H/i1D,2D,3D. The van der Waals surface area contributed by atoms with Gasteiger partial charge in [-0.15, -0.1) is 0 Å². The van der Waals surface area contributed by atoms with Gasteiger partial charge in [0.1, 0.15) is 0 Å². The highest BCUT2D eigenvalue weighted by molar-refractivity contribution is 9.10. The van der Waals surface area contributed by atoms with Crippen molar-refractivity contribution in [3.05, 3.63) is 33.4 Å². The summed E-state index contributed by atoms with van der Waals surface area (Å²) < 4.78 is 34.2. The van der Waals surface area contributed by atoms with Gasteiger partial charge in [0.25, 0.3) is 0 Å². The highest BCUT2D eigenvalue weighted by Gasteiger charge is 2.00. The van der Waals surface area contributed by atoms with Crippen molar-refractivity contribution in [2.24, 2.45) is 0 Å². The van der Waals surface area contributed by atoms with Gasteiger partial charge in [-0.2, -0.15) is 0 Å². The Kier molecular flexibility index (Phi) is 1.17. The second kappa shape index (κ2) is 2.67. The Bertz CT molecular complexity index is 237. The lowest BCUT2D eigenvalue weighted by molar-refractivity contribution is 0.621. The molecular formula is C6H3BrClF. The Morgan fingerprint density at radius 2 is 2.33 bits per heavy atom. The lowest BCUT2D eigenvalue weighted by Crippen LogP contribution is -1.75. The molecule has 0 bridgehead atoms. The van der Waals surface area contributed by atoms with Crippen molar-refractivity contribution in [2.75, 3.05) is 0 Å². The molecule has 0 aliphatic carbocycles. The lowest BCUT2D eigenvalue weighted by Gasteiger charge is -1.93. The van der Waals surface area contributed by atoms with Gasteiger partial charge >= 0.3 is 0 Å². The van der Waals surface area contributed by atoms with Crippen LogP contribution in [0, 0.1) is 5.82 Å². The molecule has 1 rings (SSSR count). The fraction of sp³-hybridized carbons (Fsp3) is 0. The summed E-state index contributed by atoms with van der Waals surface area (Å²) >= 11 is 8.13. The number of hydrogen-bond acceptors (Lipinski definition) is 0. The SMILES string of the molecule is [2H]c1c([2H])c(Cl)c(F)c(Br)c1[2H]. The van der Waals surface area contributed by atoms with Gasteiger partial charge in [0, 0.05) is 0 Å². The first-order valence-electron chi connectivity index (χ1n) is 3.57. The van der Waals surface area contributed by atoms with Crippen molar-refractivity contribution >= 4 is 27.5 Å². The molecule has 0 fully saturated rings. The van der Waals surface area contributed by atoms with Crippen molar-refractivity contribution in [1.29, 1.82) is 0 Å². The first kappa shape index (κ1) is 3.94. The molecule has 0 aromatic heterocycles. The molecule has 0 amide bonds. The Morgan fingerprint density at radius 1 is 1.67 bits per heavy atom. The molecule has 0 unspecified atom stereocenters. The number of halogens is 3. The van der Waals surface area contributed by atoms with Gasteiger partial charge < -0.3 is 0 Å². The van der Waals surface area contributed by atoms with Crippen LogP contribution in [-0.2, 0) is 0 Å². The fourth-order valence-corrected chi connectivity index (χ4v) is 0.900. The maximum atomic E-state index is 12.9. The van der Waals surface area contributed by atoms with Gasteiger partial charge in [-0.3, -0.25) is 0 Å². The van der Waals surface area contributed by atoms with Crippen LogP contribution >= 0.6 is 27.5 Å². The third-order valence-corrected chi connectivity index (χ3v) is 1.54. The van der Waals surface area contributed by atoms with Gasteiger partial charge in [-0.1, -0.05) is 17.6 Å². The van der Waals surface area contributed by atoms with Gasteiger partial charge in [0.15, 0.2) is 5.82 Å². The van der Waals surface area contributed by atoms with Gasteiger partial charge in [-0.25, -0.2) is 4.39 Å². The summed E-state index contributed by atoms with van der Waals surface area (Å²) in [7, 11) is 0. The first-order chi connectivity index (χ1) is 5.46. The quantitative estimate of drug-likeness (QED) is 0.579. The summed E-state index contributed by atoms with van der Waals surface area (Å²) in [5.41, 5.74) is 0. The van der Waals surface area contributed by atoms with E-state index in [0.717, 1.165) is 0 Å². The average molecular weight is 212 g/mol. The zero-order chi connectivity index (χ0) is 9.46. The minimum atomic E-state index is -0.859. The third-order valence-electron chi connectivity index (χ3n) is 0.730. The lowest BCUT2D eigenvalue weighted by atomic mass is 10.3. The first-order valence-corrected chi connectivity index (χ1v) is 3.24. The van der Waals surface area contributed by atoms with E-state index in [-0.39, 0.29) is 16.6 Å². The molecule has 0 radical (unpaired) electrons. The van der Waals surface area contributed by atoms with Crippen molar-refractivity contribution in [1.82, 2.24) is 0 Å². The van der Waals surface area contributed by atoms with Gasteiger partial charge in [0.05, 0.1) is 13.6 Å². The number of rotatable bonds is 0. The van der Waals surface area contributed by atoms with E-state index in [1.807, 2.05) is 0 Å². The molecule has 0 saturated carbocycles. The van der Waals surface area contributed by atoms with Gasteiger partial charge in [0.2, 0.25) is 0 Å². The van der Waals surface area contributed by atoms with E-state index in [1.165, 1.54) is 0 Å².